The van der Waals surface area contributed by atoms with E-state index >= 15 is 0 Å². The fourth-order valence-corrected chi connectivity index (χ4v) is 2.90. The maximum Gasteiger partial charge on any atom is 0.308 e. The van der Waals surface area contributed by atoms with Crippen LogP contribution in [0.4, 0.5) is 0 Å². The Bertz CT molecular complexity index is 553. The highest BCUT2D eigenvalue weighted by Gasteiger charge is 2.36. The van der Waals surface area contributed by atoms with E-state index in [0.717, 1.165) is 0 Å². The Morgan fingerprint density at radius 3 is 2.68 bits per heavy atom. The zero-order valence-corrected chi connectivity index (χ0v) is 13.2. The minimum atomic E-state index is -0.973. The van der Waals surface area contributed by atoms with Crippen molar-refractivity contribution in [2.45, 2.75) is 31.3 Å². The van der Waals surface area contributed by atoms with E-state index in [4.69, 9.17) is 16.3 Å². The quantitative estimate of drug-likeness (QED) is 0.832. The molecule has 0 spiro atoms. The summed E-state index contributed by atoms with van der Waals surface area (Å²) in [6.45, 7) is 0.159. The number of hydrogen-bond donors (Lipinski definition) is 2. The van der Waals surface area contributed by atoms with Gasteiger partial charge in [-0.2, -0.15) is 0 Å². The molecule has 22 heavy (non-hydrogen) atoms. The molecule has 0 bridgehead atoms. The van der Waals surface area contributed by atoms with E-state index in [-0.39, 0.29) is 24.3 Å². The Kier molecular flexibility index (Phi) is 5.42. The molecule has 0 radical (unpaired) electrons. The van der Waals surface area contributed by atoms with Gasteiger partial charge in [0.15, 0.2) is 0 Å². The SMILES string of the molecule is COC(=O)C1CCC(O)(CNC(=O)c2cccc(Cl)c2)CC1. The first-order valence-corrected chi connectivity index (χ1v) is 7.65. The smallest absolute Gasteiger partial charge is 0.308 e. The number of carbonyl (C=O) groups is 2. The predicted molar refractivity (Wildman–Crippen MR) is 82.7 cm³/mol. The molecule has 1 aromatic carbocycles. The topological polar surface area (TPSA) is 75.6 Å². The highest BCUT2D eigenvalue weighted by atomic mass is 35.5. The lowest BCUT2D eigenvalue weighted by Gasteiger charge is -2.35. The van der Waals surface area contributed by atoms with Crippen LogP contribution in [0.1, 0.15) is 36.0 Å². The van der Waals surface area contributed by atoms with Crippen molar-refractivity contribution in [1.82, 2.24) is 5.32 Å². The van der Waals surface area contributed by atoms with Gasteiger partial charge in [0.05, 0.1) is 18.6 Å². The Morgan fingerprint density at radius 1 is 1.41 bits per heavy atom. The standard InChI is InChI=1S/C16H20ClNO4/c1-22-15(20)11-5-7-16(21,8-6-11)10-18-14(19)12-3-2-4-13(17)9-12/h2-4,9,11,21H,5-8,10H2,1H3,(H,18,19). The number of esters is 1. The molecule has 1 fully saturated rings. The summed E-state index contributed by atoms with van der Waals surface area (Å²) in [5, 5.41) is 13.7. The number of carbonyl (C=O) groups excluding carboxylic acids is 2. The molecule has 0 aromatic heterocycles. The largest absolute Gasteiger partial charge is 0.469 e. The zero-order valence-electron chi connectivity index (χ0n) is 12.5. The van der Waals surface area contributed by atoms with Crippen LogP contribution in [0.5, 0.6) is 0 Å². The van der Waals surface area contributed by atoms with Crippen molar-refractivity contribution >= 4 is 23.5 Å². The van der Waals surface area contributed by atoms with Crippen molar-refractivity contribution < 1.29 is 19.4 Å². The summed E-state index contributed by atoms with van der Waals surface area (Å²) in [5.41, 5.74) is -0.516. The molecule has 0 unspecified atom stereocenters. The molecule has 2 rings (SSSR count). The fraction of sp³-hybridized carbons (Fsp3) is 0.500. The van der Waals surface area contributed by atoms with Crippen molar-refractivity contribution in [3.05, 3.63) is 34.9 Å². The first-order chi connectivity index (χ1) is 10.4. The number of benzene rings is 1. The molecule has 1 saturated carbocycles. The van der Waals surface area contributed by atoms with E-state index in [1.54, 1.807) is 24.3 Å². The third-order valence-corrected chi connectivity index (χ3v) is 4.35. The second-order valence-electron chi connectivity index (χ2n) is 5.71. The summed E-state index contributed by atoms with van der Waals surface area (Å²) < 4.78 is 4.72. The number of aliphatic hydroxyl groups is 1. The van der Waals surface area contributed by atoms with Crippen LogP contribution >= 0.6 is 11.6 Å². The molecule has 1 aromatic rings. The monoisotopic (exact) mass is 325 g/mol. The van der Waals surface area contributed by atoms with Gasteiger partial charge in [0, 0.05) is 17.1 Å². The van der Waals surface area contributed by atoms with Gasteiger partial charge in [0.1, 0.15) is 0 Å². The molecule has 1 aliphatic carbocycles. The zero-order chi connectivity index (χ0) is 16.2. The van der Waals surface area contributed by atoms with Crippen LogP contribution in [0.25, 0.3) is 0 Å². The van der Waals surface area contributed by atoms with Gasteiger partial charge >= 0.3 is 5.97 Å². The maximum absolute atomic E-state index is 12.0. The van der Waals surface area contributed by atoms with Gasteiger partial charge in [-0.1, -0.05) is 17.7 Å². The molecule has 1 amide bonds. The molecule has 5 nitrogen and oxygen atoms in total. The van der Waals surface area contributed by atoms with Gasteiger partial charge in [-0.25, -0.2) is 0 Å². The molecule has 120 valence electrons. The summed E-state index contributed by atoms with van der Waals surface area (Å²) in [5.74, 6) is -0.662. The first-order valence-electron chi connectivity index (χ1n) is 7.27. The number of ether oxygens (including phenoxy) is 1. The molecule has 6 heteroatoms. The molecule has 2 N–H and O–H groups in total. The number of nitrogens with one attached hydrogen (secondary N) is 1. The van der Waals surface area contributed by atoms with Crippen molar-refractivity contribution in [1.29, 1.82) is 0 Å². The van der Waals surface area contributed by atoms with Crippen LogP contribution in [-0.4, -0.2) is 36.2 Å². The van der Waals surface area contributed by atoms with E-state index in [0.29, 0.717) is 36.3 Å². The third kappa shape index (κ3) is 4.21. The summed E-state index contributed by atoms with van der Waals surface area (Å²) in [4.78, 5) is 23.5. The molecule has 0 atom stereocenters. The summed E-state index contributed by atoms with van der Waals surface area (Å²) in [7, 11) is 1.37. The number of rotatable bonds is 4. The summed E-state index contributed by atoms with van der Waals surface area (Å²) in [6, 6.07) is 6.64. The Hall–Kier alpha value is -1.59. The normalized spacial score (nSPS) is 24.6. The van der Waals surface area contributed by atoms with Crippen LogP contribution in [-0.2, 0) is 9.53 Å². The first kappa shape index (κ1) is 16.8. The lowest BCUT2D eigenvalue weighted by atomic mass is 9.78. The lowest BCUT2D eigenvalue weighted by Crippen LogP contribution is -2.46. The van der Waals surface area contributed by atoms with Gasteiger partial charge in [-0.3, -0.25) is 9.59 Å². The van der Waals surface area contributed by atoms with Crippen LogP contribution < -0.4 is 5.32 Å². The van der Waals surface area contributed by atoms with Crippen LogP contribution in [0.3, 0.4) is 0 Å². The van der Waals surface area contributed by atoms with Gasteiger partial charge in [0.2, 0.25) is 0 Å². The van der Waals surface area contributed by atoms with Crippen LogP contribution in [0, 0.1) is 5.92 Å². The van der Waals surface area contributed by atoms with Crippen molar-refractivity contribution in [3.63, 3.8) is 0 Å². The second-order valence-corrected chi connectivity index (χ2v) is 6.15. The molecular weight excluding hydrogens is 306 g/mol. The van der Waals surface area contributed by atoms with E-state index < -0.39 is 5.60 Å². The molecule has 0 saturated heterocycles. The Labute approximate surface area is 134 Å². The van der Waals surface area contributed by atoms with Crippen LogP contribution in [0.2, 0.25) is 5.02 Å². The minimum absolute atomic E-state index is 0.158. The average Bonchev–Trinajstić information content (AvgIpc) is 2.52. The van der Waals surface area contributed by atoms with Gasteiger partial charge in [0.25, 0.3) is 5.91 Å². The third-order valence-electron chi connectivity index (χ3n) is 4.12. The Morgan fingerprint density at radius 2 is 2.09 bits per heavy atom. The van der Waals surface area contributed by atoms with Crippen LogP contribution in [0.15, 0.2) is 24.3 Å². The van der Waals surface area contributed by atoms with Gasteiger partial charge < -0.3 is 15.2 Å². The lowest BCUT2D eigenvalue weighted by molar-refractivity contribution is -0.148. The molecule has 0 aliphatic heterocycles. The van der Waals surface area contributed by atoms with E-state index in [1.807, 2.05) is 0 Å². The predicted octanol–water partition coefficient (Wildman–Crippen LogP) is 2.16. The molecule has 0 heterocycles. The molecule has 1 aliphatic rings. The number of hydrogen-bond acceptors (Lipinski definition) is 4. The minimum Gasteiger partial charge on any atom is -0.469 e. The van der Waals surface area contributed by atoms with Gasteiger partial charge in [-0.15, -0.1) is 0 Å². The average molecular weight is 326 g/mol. The van der Waals surface area contributed by atoms with Crippen molar-refractivity contribution in [3.8, 4) is 0 Å². The number of halogens is 1. The van der Waals surface area contributed by atoms with E-state index in [9.17, 15) is 14.7 Å². The van der Waals surface area contributed by atoms with Crippen molar-refractivity contribution in [2.24, 2.45) is 5.92 Å². The second kappa shape index (κ2) is 7.11. The maximum atomic E-state index is 12.0. The van der Waals surface area contributed by atoms with E-state index in [1.165, 1.54) is 7.11 Å². The van der Waals surface area contributed by atoms with Crippen molar-refractivity contribution in [2.75, 3.05) is 13.7 Å². The fourth-order valence-electron chi connectivity index (χ4n) is 2.71. The number of methoxy groups -OCH3 is 1. The number of amides is 1. The Balaban J connectivity index is 1.86. The van der Waals surface area contributed by atoms with Gasteiger partial charge in [-0.05, 0) is 43.9 Å². The summed E-state index contributed by atoms with van der Waals surface area (Å²) in [6.07, 6.45) is 2.05. The highest BCUT2D eigenvalue weighted by Crippen LogP contribution is 2.32. The molecular formula is C16H20ClNO4. The highest BCUT2D eigenvalue weighted by molar-refractivity contribution is 6.30. The van der Waals surface area contributed by atoms with E-state index in [2.05, 4.69) is 5.32 Å². The summed E-state index contributed by atoms with van der Waals surface area (Å²) >= 11 is 5.85.